The van der Waals surface area contributed by atoms with Gasteiger partial charge in [-0.05, 0) is 47.9 Å². The molecule has 4 aromatic rings. The van der Waals surface area contributed by atoms with Crippen LogP contribution in [0.2, 0.25) is 0 Å². The van der Waals surface area contributed by atoms with Crippen LogP contribution >= 0.6 is 11.3 Å². The molecule has 0 atom stereocenters. The van der Waals surface area contributed by atoms with Gasteiger partial charge < -0.3 is 10.2 Å². The molecule has 2 heterocycles. The highest BCUT2D eigenvalue weighted by atomic mass is 32.1. The van der Waals surface area contributed by atoms with Crippen molar-refractivity contribution < 1.29 is 13.6 Å². The van der Waals surface area contributed by atoms with E-state index in [1.54, 1.807) is 18.5 Å². The number of carbonyl (C=O) groups is 1. The molecule has 5 nitrogen and oxygen atoms in total. The maximum atomic E-state index is 13.4. The average molecular weight is 439 g/mol. The Kier molecular flexibility index (Phi) is 5.90. The van der Waals surface area contributed by atoms with Gasteiger partial charge in [0.2, 0.25) is 5.91 Å². The summed E-state index contributed by atoms with van der Waals surface area (Å²) in [6, 6.07) is 11.9. The molecule has 0 aliphatic heterocycles. The van der Waals surface area contributed by atoms with Crippen LogP contribution in [-0.2, 0) is 11.2 Å². The van der Waals surface area contributed by atoms with Crippen molar-refractivity contribution >= 4 is 38.3 Å². The second-order valence-corrected chi connectivity index (χ2v) is 8.27. The molecule has 2 aromatic carbocycles. The molecular formula is C23H20F2N4OS. The van der Waals surface area contributed by atoms with E-state index in [1.165, 1.54) is 24.3 Å². The van der Waals surface area contributed by atoms with Gasteiger partial charge in [-0.1, -0.05) is 23.5 Å². The molecule has 31 heavy (non-hydrogen) atoms. The number of aromatic nitrogens is 2. The van der Waals surface area contributed by atoms with E-state index in [9.17, 15) is 13.6 Å². The lowest BCUT2D eigenvalue weighted by molar-refractivity contribution is -0.114. The molecule has 0 bridgehead atoms. The maximum Gasteiger partial charge on any atom is 0.223 e. The van der Waals surface area contributed by atoms with Crippen molar-refractivity contribution in [3.8, 4) is 11.1 Å². The predicted octanol–water partition coefficient (Wildman–Crippen LogP) is 5.27. The molecule has 158 valence electrons. The summed E-state index contributed by atoms with van der Waals surface area (Å²) in [5, 5.41) is 3.29. The smallest absolute Gasteiger partial charge is 0.223 e. The Balaban J connectivity index is 1.51. The highest BCUT2D eigenvalue weighted by Crippen LogP contribution is 2.31. The Morgan fingerprint density at radius 1 is 1.06 bits per heavy atom. The van der Waals surface area contributed by atoms with Crippen molar-refractivity contribution in [2.24, 2.45) is 0 Å². The first-order chi connectivity index (χ1) is 14.9. The first-order valence-corrected chi connectivity index (χ1v) is 10.5. The molecule has 1 N–H and O–H groups in total. The summed E-state index contributed by atoms with van der Waals surface area (Å²) in [6.45, 7) is 2.09. The average Bonchev–Trinajstić information content (AvgIpc) is 3.15. The quantitative estimate of drug-likeness (QED) is 0.445. The van der Waals surface area contributed by atoms with E-state index in [4.69, 9.17) is 0 Å². The number of benzene rings is 2. The lowest BCUT2D eigenvalue weighted by Crippen LogP contribution is -2.20. The Hall–Kier alpha value is -3.39. The summed E-state index contributed by atoms with van der Waals surface area (Å²) < 4.78 is 27.5. The van der Waals surface area contributed by atoms with Gasteiger partial charge in [-0.2, -0.15) is 0 Å². The Morgan fingerprint density at radius 2 is 1.90 bits per heavy atom. The molecule has 2 aromatic heterocycles. The van der Waals surface area contributed by atoms with E-state index in [2.05, 4.69) is 15.3 Å². The van der Waals surface area contributed by atoms with Gasteiger partial charge in [-0.3, -0.25) is 9.78 Å². The number of carbonyl (C=O) groups excluding carboxylic acids is 1. The fourth-order valence-electron chi connectivity index (χ4n) is 3.22. The fourth-order valence-corrected chi connectivity index (χ4v) is 4.17. The summed E-state index contributed by atoms with van der Waals surface area (Å²) in [7, 11) is 1.94. The largest absolute Gasteiger partial charge is 0.373 e. The number of nitrogens with one attached hydrogen (secondary N) is 1. The number of halogens is 2. The number of anilines is 2. The number of likely N-dealkylation sites (N-methyl/N-ethyl adjacent to an activating group) is 1. The third kappa shape index (κ3) is 4.86. The summed E-state index contributed by atoms with van der Waals surface area (Å²) in [4.78, 5) is 22.1. The SMILES string of the molecule is CC(=O)Nc1nc2ccc(-c3cncc(N(C)CCc4ccc(F)c(F)c4)c3)cc2s1. The van der Waals surface area contributed by atoms with Crippen LogP contribution in [0.1, 0.15) is 12.5 Å². The highest BCUT2D eigenvalue weighted by molar-refractivity contribution is 7.22. The van der Waals surface area contributed by atoms with Gasteiger partial charge in [0.15, 0.2) is 16.8 Å². The Bertz CT molecular complexity index is 1260. The number of nitrogens with zero attached hydrogens (tertiary/aromatic N) is 3. The van der Waals surface area contributed by atoms with Crippen molar-refractivity contribution in [1.29, 1.82) is 0 Å². The van der Waals surface area contributed by atoms with E-state index >= 15 is 0 Å². The normalized spacial score (nSPS) is 11.0. The molecule has 1 amide bonds. The zero-order valence-corrected chi connectivity index (χ0v) is 17.8. The van der Waals surface area contributed by atoms with Crippen LogP contribution in [0.25, 0.3) is 21.3 Å². The molecule has 0 spiro atoms. The van der Waals surface area contributed by atoms with Crippen LogP contribution in [0.15, 0.2) is 54.9 Å². The van der Waals surface area contributed by atoms with E-state index in [0.29, 0.717) is 18.1 Å². The van der Waals surface area contributed by atoms with Crippen LogP contribution in [-0.4, -0.2) is 29.5 Å². The van der Waals surface area contributed by atoms with Crippen LogP contribution in [0, 0.1) is 11.6 Å². The molecule has 4 rings (SSSR count). The lowest BCUT2D eigenvalue weighted by Gasteiger charge is -2.19. The van der Waals surface area contributed by atoms with Crippen molar-refractivity contribution in [2.75, 3.05) is 23.8 Å². The zero-order valence-electron chi connectivity index (χ0n) is 17.0. The van der Waals surface area contributed by atoms with Gasteiger partial charge in [0, 0.05) is 32.3 Å². The second-order valence-electron chi connectivity index (χ2n) is 7.23. The number of amides is 1. The fraction of sp³-hybridized carbons (Fsp3) is 0.174. The lowest BCUT2D eigenvalue weighted by atomic mass is 10.1. The van der Waals surface area contributed by atoms with Gasteiger partial charge in [-0.15, -0.1) is 0 Å². The third-order valence-corrected chi connectivity index (χ3v) is 5.82. The standard InChI is InChI=1S/C23H20F2N4OS/c1-14(30)27-23-28-21-6-4-16(11-22(21)31-23)17-10-18(13-26-12-17)29(2)8-7-15-3-5-19(24)20(25)9-15/h3-6,9-13H,7-8H2,1-2H3,(H,27,28,30). The van der Waals surface area contributed by atoms with Gasteiger partial charge in [0.25, 0.3) is 0 Å². The van der Waals surface area contributed by atoms with E-state index in [0.717, 1.165) is 38.7 Å². The number of fused-ring (bicyclic) bond motifs is 1. The van der Waals surface area contributed by atoms with Crippen LogP contribution < -0.4 is 10.2 Å². The Morgan fingerprint density at radius 3 is 2.68 bits per heavy atom. The first-order valence-electron chi connectivity index (χ1n) is 9.68. The monoisotopic (exact) mass is 438 g/mol. The topological polar surface area (TPSA) is 58.1 Å². The number of pyridine rings is 1. The van der Waals surface area contributed by atoms with E-state index < -0.39 is 11.6 Å². The van der Waals surface area contributed by atoms with Gasteiger partial charge in [0.1, 0.15) is 0 Å². The molecular weight excluding hydrogens is 418 g/mol. The van der Waals surface area contributed by atoms with Crippen LogP contribution in [0.4, 0.5) is 19.6 Å². The minimum absolute atomic E-state index is 0.150. The van der Waals surface area contributed by atoms with Gasteiger partial charge in [-0.25, -0.2) is 13.8 Å². The molecule has 0 unspecified atom stereocenters. The number of thiazole rings is 1. The maximum absolute atomic E-state index is 13.4. The second kappa shape index (κ2) is 8.77. The summed E-state index contributed by atoms with van der Waals surface area (Å²) >= 11 is 1.42. The van der Waals surface area contributed by atoms with E-state index in [1.807, 2.05) is 36.2 Å². The molecule has 0 aliphatic carbocycles. The van der Waals surface area contributed by atoms with Crippen molar-refractivity contribution in [3.05, 3.63) is 72.1 Å². The molecule has 8 heteroatoms. The van der Waals surface area contributed by atoms with Gasteiger partial charge in [0.05, 0.1) is 22.1 Å². The van der Waals surface area contributed by atoms with E-state index in [-0.39, 0.29) is 5.91 Å². The van der Waals surface area contributed by atoms with Crippen molar-refractivity contribution in [2.45, 2.75) is 13.3 Å². The van der Waals surface area contributed by atoms with Crippen LogP contribution in [0.5, 0.6) is 0 Å². The summed E-state index contributed by atoms with van der Waals surface area (Å²) in [6.07, 6.45) is 4.15. The minimum atomic E-state index is -0.837. The molecule has 0 fully saturated rings. The minimum Gasteiger partial charge on any atom is -0.373 e. The van der Waals surface area contributed by atoms with Crippen LogP contribution in [0.3, 0.4) is 0 Å². The molecule has 0 aliphatic rings. The number of hydrogen-bond donors (Lipinski definition) is 1. The zero-order chi connectivity index (χ0) is 22.0. The third-order valence-electron chi connectivity index (χ3n) is 4.89. The first kappa shape index (κ1) is 20.9. The van der Waals surface area contributed by atoms with Crippen molar-refractivity contribution in [3.63, 3.8) is 0 Å². The van der Waals surface area contributed by atoms with Crippen molar-refractivity contribution in [1.82, 2.24) is 9.97 Å². The number of hydrogen-bond acceptors (Lipinski definition) is 5. The molecule has 0 saturated carbocycles. The van der Waals surface area contributed by atoms with Gasteiger partial charge >= 0.3 is 0 Å². The molecule has 0 saturated heterocycles. The number of rotatable bonds is 6. The predicted molar refractivity (Wildman–Crippen MR) is 120 cm³/mol. The summed E-state index contributed by atoms with van der Waals surface area (Å²) in [5.41, 5.74) is 4.43. The summed E-state index contributed by atoms with van der Waals surface area (Å²) in [5.74, 6) is -1.82. The molecule has 0 radical (unpaired) electrons. The Labute approximate surface area is 182 Å². The highest BCUT2D eigenvalue weighted by Gasteiger charge is 2.10.